The van der Waals surface area contributed by atoms with E-state index in [1.54, 1.807) is 6.07 Å². The third-order valence-electron chi connectivity index (χ3n) is 5.33. The van der Waals surface area contributed by atoms with E-state index in [1.165, 1.54) is 12.3 Å². The summed E-state index contributed by atoms with van der Waals surface area (Å²) in [5.41, 5.74) is 0.194. The number of nitrogens with zero attached hydrogens (tertiary/aromatic N) is 3. The van der Waals surface area contributed by atoms with E-state index in [0.29, 0.717) is 11.2 Å². The van der Waals surface area contributed by atoms with Crippen molar-refractivity contribution < 1.29 is 14.3 Å². The maximum absolute atomic E-state index is 14.9. The number of hydrogen-bond donors (Lipinski definition) is 1. The molecule has 1 aromatic heterocycles. The first-order valence-corrected chi connectivity index (χ1v) is 10.7. The molecule has 6 nitrogen and oxygen atoms in total. The zero-order chi connectivity index (χ0) is 19.8. The number of benzene rings is 1. The number of carboxylic acids is 1. The molecule has 1 aromatic carbocycles. The van der Waals surface area contributed by atoms with Crippen LogP contribution in [0, 0.1) is 5.82 Å². The molecule has 2 fully saturated rings. The molecule has 28 heavy (non-hydrogen) atoms. The molecule has 0 bridgehead atoms. The minimum absolute atomic E-state index is 0.144. The maximum Gasteiger partial charge on any atom is 0.341 e. The van der Waals surface area contributed by atoms with E-state index < -0.39 is 17.2 Å². The number of anilines is 1. The number of rotatable bonds is 6. The zero-order valence-electron chi connectivity index (χ0n) is 15.9. The minimum atomic E-state index is -1.27. The highest BCUT2D eigenvalue weighted by atomic mass is 32.2. The van der Waals surface area contributed by atoms with Crippen molar-refractivity contribution in [3.05, 3.63) is 39.9 Å². The van der Waals surface area contributed by atoms with Gasteiger partial charge in [0.1, 0.15) is 11.4 Å². The molecule has 8 heteroatoms. The second-order valence-electron chi connectivity index (χ2n) is 7.39. The Morgan fingerprint density at radius 1 is 1.25 bits per heavy atom. The molecule has 2 heterocycles. The monoisotopic (exact) mass is 405 g/mol. The number of hydrogen-bond acceptors (Lipinski definition) is 5. The number of fused-ring (bicyclic) bond motifs is 1. The summed E-state index contributed by atoms with van der Waals surface area (Å²) in [6.07, 6.45) is 4.43. The van der Waals surface area contributed by atoms with Crippen molar-refractivity contribution in [2.24, 2.45) is 0 Å². The first-order valence-electron chi connectivity index (χ1n) is 9.74. The van der Waals surface area contributed by atoms with Gasteiger partial charge in [-0.05, 0) is 31.4 Å². The average molecular weight is 405 g/mol. The Morgan fingerprint density at radius 2 is 1.96 bits per heavy atom. The summed E-state index contributed by atoms with van der Waals surface area (Å²) in [7, 11) is 0. The van der Waals surface area contributed by atoms with E-state index in [1.807, 2.05) is 21.4 Å². The quantitative estimate of drug-likeness (QED) is 0.744. The van der Waals surface area contributed by atoms with Gasteiger partial charge >= 0.3 is 5.97 Å². The van der Waals surface area contributed by atoms with Gasteiger partial charge in [0.25, 0.3) is 0 Å². The summed E-state index contributed by atoms with van der Waals surface area (Å²) in [5, 5.41) is 9.49. The first-order chi connectivity index (χ1) is 13.5. The number of pyridine rings is 1. The molecular weight excluding hydrogens is 381 g/mol. The van der Waals surface area contributed by atoms with Crippen LogP contribution < -0.4 is 10.3 Å². The Kier molecular flexibility index (Phi) is 5.33. The first kappa shape index (κ1) is 19.3. The molecule has 0 radical (unpaired) electrons. The molecule has 1 aliphatic heterocycles. The number of halogens is 1. The predicted octanol–water partition coefficient (Wildman–Crippen LogP) is 3.35. The third-order valence-corrected chi connectivity index (χ3v) is 6.65. The lowest BCUT2D eigenvalue weighted by atomic mass is 10.1. The molecule has 2 aromatic rings. The van der Waals surface area contributed by atoms with Gasteiger partial charge in [-0.2, -0.15) is 0 Å². The van der Waals surface area contributed by atoms with Crippen LogP contribution in [0.1, 0.15) is 42.6 Å². The van der Waals surface area contributed by atoms with Gasteiger partial charge in [0, 0.05) is 49.6 Å². The minimum Gasteiger partial charge on any atom is -0.477 e. The molecule has 0 amide bonds. The standard InChI is InChI=1S/C20H24FN3O3S/c1-2-9-28-23-7-5-22(6-8-23)18-11-17-14(10-16(18)21)19(25)15(20(26)27)12-24(17)13-3-4-13/h10-13H,2-9H2,1H3,(H,26,27). The summed E-state index contributed by atoms with van der Waals surface area (Å²) in [5.74, 6) is -0.653. The van der Waals surface area contributed by atoms with E-state index in [2.05, 4.69) is 11.2 Å². The van der Waals surface area contributed by atoms with E-state index in [9.17, 15) is 19.1 Å². The van der Waals surface area contributed by atoms with Crippen LogP contribution in [0.15, 0.2) is 23.1 Å². The number of carboxylic acid groups (broad SMARTS) is 1. The summed E-state index contributed by atoms with van der Waals surface area (Å²) >= 11 is 1.83. The maximum atomic E-state index is 14.9. The molecule has 0 atom stereocenters. The van der Waals surface area contributed by atoms with Crippen LogP contribution in [-0.2, 0) is 0 Å². The normalized spacial score (nSPS) is 18.0. The van der Waals surface area contributed by atoms with E-state index >= 15 is 0 Å². The average Bonchev–Trinajstić information content (AvgIpc) is 3.52. The van der Waals surface area contributed by atoms with Crippen LogP contribution in [0.4, 0.5) is 10.1 Å². The molecule has 150 valence electrons. The van der Waals surface area contributed by atoms with E-state index in [-0.39, 0.29) is 17.0 Å². The second kappa shape index (κ2) is 7.75. The van der Waals surface area contributed by atoms with Gasteiger partial charge < -0.3 is 14.6 Å². The Morgan fingerprint density at radius 3 is 2.57 bits per heavy atom. The molecule has 0 spiro atoms. The second-order valence-corrected chi connectivity index (χ2v) is 8.57. The van der Waals surface area contributed by atoms with Crippen LogP contribution in [0.3, 0.4) is 0 Å². The zero-order valence-corrected chi connectivity index (χ0v) is 16.7. The largest absolute Gasteiger partial charge is 0.477 e. The summed E-state index contributed by atoms with van der Waals surface area (Å²) < 4.78 is 19.1. The third kappa shape index (κ3) is 3.63. The Hall–Kier alpha value is -2.06. The van der Waals surface area contributed by atoms with Crippen molar-refractivity contribution in [1.82, 2.24) is 8.87 Å². The molecule has 1 saturated heterocycles. The van der Waals surface area contributed by atoms with Gasteiger partial charge in [-0.15, -0.1) is 0 Å². The van der Waals surface area contributed by atoms with E-state index in [4.69, 9.17) is 0 Å². The smallest absolute Gasteiger partial charge is 0.341 e. The summed E-state index contributed by atoms with van der Waals surface area (Å²) in [6, 6.07) is 3.13. The van der Waals surface area contributed by atoms with Crippen LogP contribution in [0.5, 0.6) is 0 Å². The highest BCUT2D eigenvalue weighted by Crippen LogP contribution is 2.38. The Balaban J connectivity index is 1.70. The van der Waals surface area contributed by atoms with Crippen molar-refractivity contribution >= 4 is 34.5 Å². The fourth-order valence-corrected chi connectivity index (χ4v) is 4.55. The van der Waals surface area contributed by atoms with Crippen LogP contribution in [0.2, 0.25) is 0 Å². The molecule has 0 unspecified atom stereocenters. The van der Waals surface area contributed by atoms with Crippen LogP contribution in [0.25, 0.3) is 10.9 Å². The number of aromatic carboxylic acids is 1. The van der Waals surface area contributed by atoms with Gasteiger partial charge in [-0.25, -0.2) is 13.5 Å². The fourth-order valence-electron chi connectivity index (χ4n) is 3.69. The lowest BCUT2D eigenvalue weighted by Gasteiger charge is -2.35. The molecule has 4 rings (SSSR count). The lowest BCUT2D eigenvalue weighted by molar-refractivity contribution is 0.0695. The molecular formula is C20H24FN3O3S. The molecule has 1 aliphatic carbocycles. The van der Waals surface area contributed by atoms with Crippen molar-refractivity contribution in [2.75, 3.05) is 36.8 Å². The van der Waals surface area contributed by atoms with Crippen molar-refractivity contribution in [3.63, 3.8) is 0 Å². The van der Waals surface area contributed by atoms with E-state index in [0.717, 1.165) is 51.2 Å². The van der Waals surface area contributed by atoms with Crippen molar-refractivity contribution in [3.8, 4) is 0 Å². The number of piperazine rings is 1. The van der Waals surface area contributed by atoms with Gasteiger partial charge in [0.15, 0.2) is 0 Å². The summed E-state index contributed by atoms with van der Waals surface area (Å²) in [6.45, 7) is 5.31. The SMILES string of the molecule is CCCSN1CCN(c2cc3c(cc2F)c(=O)c(C(=O)O)cn3C2CC2)CC1. The molecule has 1 N–H and O–H groups in total. The fraction of sp³-hybridized carbons (Fsp3) is 0.500. The van der Waals surface area contributed by atoms with Crippen LogP contribution >= 0.6 is 11.9 Å². The van der Waals surface area contributed by atoms with Crippen molar-refractivity contribution in [2.45, 2.75) is 32.2 Å². The highest BCUT2D eigenvalue weighted by Gasteiger charge is 2.28. The van der Waals surface area contributed by atoms with Crippen molar-refractivity contribution in [1.29, 1.82) is 0 Å². The Bertz CT molecular complexity index is 965. The highest BCUT2D eigenvalue weighted by molar-refractivity contribution is 7.97. The van der Waals surface area contributed by atoms with Gasteiger partial charge in [-0.3, -0.25) is 4.79 Å². The van der Waals surface area contributed by atoms with Gasteiger partial charge in [0.05, 0.1) is 11.2 Å². The lowest BCUT2D eigenvalue weighted by Crippen LogP contribution is -2.44. The summed E-state index contributed by atoms with van der Waals surface area (Å²) in [4.78, 5) is 26.0. The van der Waals surface area contributed by atoms with Crippen LogP contribution in [-0.4, -0.2) is 51.9 Å². The van der Waals surface area contributed by atoms with Gasteiger partial charge in [-0.1, -0.05) is 18.9 Å². The van der Waals surface area contributed by atoms with Gasteiger partial charge in [0.2, 0.25) is 5.43 Å². The number of carbonyl (C=O) groups is 1. The predicted molar refractivity (Wildman–Crippen MR) is 110 cm³/mol. The Labute approximate surface area is 167 Å². The topological polar surface area (TPSA) is 65.8 Å². The molecule has 2 aliphatic rings. The molecule has 1 saturated carbocycles. The number of aromatic nitrogens is 1.